The van der Waals surface area contributed by atoms with Gasteiger partial charge in [-0.25, -0.2) is 0 Å². The highest BCUT2D eigenvalue weighted by atomic mass is 16.5. The molecule has 1 unspecified atom stereocenters. The first kappa shape index (κ1) is 7.03. The molecule has 1 heterocycles. The number of methoxy groups -OCH3 is 1. The molecule has 1 saturated heterocycles. The molecule has 0 aliphatic carbocycles. The maximum Gasteiger partial charge on any atom is 0.110 e. The zero-order valence-corrected chi connectivity index (χ0v) is 5.97. The van der Waals surface area contributed by atoms with Crippen molar-refractivity contribution < 1.29 is 4.74 Å². The first-order valence-electron chi connectivity index (χ1n) is 3.44. The molecule has 0 spiro atoms. The van der Waals surface area contributed by atoms with Crippen molar-refractivity contribution in [2.24, 2.45) is 0 Å². The van der Waals surface area contributed by atoms with E-state index < -0.39 is 0 Å². The quantitative estimate of drug-likeness (QED) is 0.547. The molecule has 1 radical (unpaired) electrons. The smallest absolute Gasteiger partial charge is 0.110 e. The Labute approximate surface area is 56.8 Å². The zero-order chi connectivity index (χ0) is 6.69. The van der Waals surface area contributed by atoms with Gasteiger partial charge in [0.1, 0.15) is 6.23 Å². The summed E-state index contributed by atoms with van der Waals surface area (Å²) in [6.07, 6.45) is 2.68. The Hall–Kier alpha value is -0.0800. The van der Waals surface area contributed by atoms with Gasteiger partial charge in [0.2, 0.25) is 0 Å². The topological polar surface area (TPSA) is 12.5 Å². The van der Waals surface area contributed by atoms with Gasteiger partial charge in [0, 0.05) is 20.2 Å². The van der Waals surface area contributed by atoms with E-state index in [1.54, 1.807) is 7.11 Å². The van der Waals surface area contributed by atoms with Crippen LogP contribution in [0.2, 0.25) is 0 Å². The van der Waals surface area contributed by atoms with Crippen molar-refractivity contribution in [2.45, 2.75) is 19.1 Å². The van der Waals surface area contributed by atoms with Crippen LogP contribution in [-0.2, 0) is 4.74 Å². The van der Waals surface area contributed by atoms with Crippen molar-refractivity contribution in [3.63, 3.8) is 0 Å². The summed E-state index contributed by atoms with van der Waals surface area (Å²) in [5.74, 6) is 0. The van der Waals surface area contributed by atoms with Crippen LogP contribution >= 0.6 is 0 Å². The molecule has 2 heteroatoms. The molecule has 9 heavy (non-hydrogen) atoms. The Morgan fingerprint density at radius 2 is 2.00 bits per heavy atom. The number of likely N-dealkylation sites (tertiary alicyclic amines) is 1. The number of ether oxygens (including phenoxy) is 1. The average Bonchev–Trinajstić information content (AvgIpc) is 2.37. The van der Waals surface area contributed by atoms with Crippen LogP contribution in [0.5, 0.6) is 0 Å². The minimum atomic E-state index is 0.0764. The van der Waals surface area contributed by atoms with Gasteiger partial charge in [-0.2, -0.15) is 0 Å². The predicted octanol–water partition coefficient (Wildman–Crippen LogP) is 0.889. The first-order chi connectivity index (χ1) is 4.34. The Kier molecular flexibility index (Phi) is 2.49. The molecule has 0 bridgehead atoms. The maximum absolute atomic E-state index is 5.05. The van der Waals surface area contributed by atoms with E-state index in [1.165, 1.54) is 12.8 Å². The van der Waals surface area contributed by atoms with E-state index in [0.29, 0.717) is 0 Å². The van der Waals surface area contributed by atoms with Gasteiger partial charge in [-0.05, 0) is 19.8 Å². The normalized spacial score (nSPS) is 24.7. The average molecular weight is 128 g/mol. The van der Waals surface area contributed by atoms with Crippen LogP contribution in [0.4, 0.5) is 0 Å². The van der Waals surface area contributed by atoms with Crippen molar-refractivity contribution in [2.75, 3.05) is 20.2 Å². The van der Waals surface area contributed by atoms with Gasteiger partial charge >= 0.3 is 0 Å². The molecule has 2 nitrogen and oxygen atoms in total. The summed E-state index contributed by atoms with van der Waals surface area (Å²) in [5.41, 5.74) is 0. The fourth-order valence-electron chi connectivity index (χ4n) is 1.18. The summed E-state index contributed by atoms with van der Waals surface area (Å²) in [4.78, 5) is 2.25. The number of nitrogens with zero attached hydrogens (tertiary/aromatic N) is 1. The van der Waals surface area contributed by atoms with Crippen molar-refractivity contribution in [1.82, 2.24) is 4.90 Å². The molecule has 1 aliphatic heterocycles. The van der Waals surface area contributed by atoms with E-state index in [-0.39, 0.29) is 6.23 Å². The van der Waals surface area contributed by atoms with E-state index >= 15 is 0 Å². The molecule has 53 valence electrons. The molecule has 0 aromatic carbocycles. The Bertz CT molecular complexity index is 79.0. The number of rotatable bonds is 2. The number of hydrogen-bond acceptors (Lipinski definition) is 2. The van der Waals surface area contributed by atoms with Crippen LogP contribution < -0.4 is 0 Å². The Balaban J connectivity index is 2.24. The highest BCUT2D eigenvalue weighted by Gasteiger charge is 2.16. The summed E-state index contributed by atoms with van der Waals surface area (Å²) in [5, 5.41) is 0. The van der Waals surface area contributed by atoms with Crippen molar-refractivity contribution in [3.05, 3.63) is 6.92 Å². The molecule has 1 rings (SSSR count). The minimum Gasteiger partial charge on any atom is -0.366 e. The molecule has 1 atom stereocenters. The summed E-state index contributed by atoms with van der Waals surface area (Å²) >= 11 is 0. The molecule has 0 N–H and O–H groups in total. The van der Waals surface area contributed by atoms with E-state index in [2.05, 4.69) is 11.8 Å². The SMILES string of the molecule is [CH2]C(OC)N1CCCC1. The number of hydrogen-bond donors (Lipinski definition) is 0. The minimum absolute atomic E-state index is 0.0764. The molecular formula is C7H14NO. The van der Waals surface area contributed by atoms with Crippen LogP contribution in [0.25, 0.3) is 0 Å². The molecule has 0 amide bonds. The second-order valence-corrected chi connectivity index (χ2v) is 2.43. The summed E-state index contributed by atoms with van der Waals surface area (Å²) in [6, 6.07) is 0. The van der Waals surface area contributed by atoms with Crippen LogP contribution in [0, 0.1) is 6.92 Å². The van der Waals surface area contributed by atoms with Gasteiger partial charge < -0.3 is 4.74 Å². The lowest BCUT2D eigenvalue weighted by atomic mass is 10.4. The molecule has 0 aromatic rings. The zero-order valence-electron chi connectivity index (χ0n) is 5.97. The second-order valence-electron chi connectivity index (χ2n) is 2.43. The molecule has 1 aliphatic rings. The van der Waals surface area contributed by atoms with Crippen molar-refractivity contribution in [3.8, 4) is 0 Å². The summed E-state index contributed by atoms with van der Waals surface area (Å²) in [7, 11) is 1.70. The van der Waals surface area contributed by atoms with E-state index in [0.717, 1.165) is 13.1 Å². The third kappa shape index (κ3) is 1.66. The van der Waals surface area contributed by atoms with Crippen LogP contribution in [0.15, 0.2) is 0 Å². The molecular weight excluding hydrogens is 114 g/mol. The van der Waals surface area contributed by atoms with Gasteiger partial charge in [0.25, 0.3) is 0 Å². The Morgan fingerprint density at radius 3 is 2.44 bits per heavy atom. The molecule has 0 aromatic heterocycles. The van der Waals surface area contributed by atoms with Gasteiger partial charge in [0.05, 0.1) is 0 Å². The van der Waals surface area contributed by atoms with Crippen molar-refractivity contribution in [1.29, 1.82) is 0 Å². The van der Waals surface area contributed by atoms with Crippen LogP contribution in [-0.4, -0.2) is 31.3 Å². The van der Waals surface area contributed by atoms with Gasteiger partial charge in [0.15, 0.2) is 0 Å². The lowest BCUT2D eigenvalue weighted by Crippen LogP contribution is -2.31. The van der Waals surface area contributed by atoms with Gasteiger partial charge in [-0.1, -0.05) is 0 Å². The first-order valence-corrected chi connectivity index (χ1v) is 3.44. The fraction of sp³-hybridized carbons (Fsp3) is 0.857. The fourth-order valence-corrected chi connectivity index (χ4v) is 1.18. The second kappa shape index (κ2) is 3.18. The van der Waals surface area contributed by atoms with Gasteiger partial charge in [-0.3, -0.25) is 4.90 Å². The van der Waals surface area contributed by atoms with Crippen molar-refractivity contribution >= 4 is 0 Å². The lowest BCUT2D eigenvalue weighted by molar-refractivity contribution is 0.0149. The van der Waals surface area contributed by atoms with Crippen LogP contribution in [0.1, 0.15) is 12.8 Å². The third-order valence-corrected chi connectivity index (χ3v) is 1.82. The monoisotopic (exact) mass is 128 g/mol. The highest BCUT2D eigenvalue weighted by molar-refractivity contribution is 4.70. The van der Waals surface area contributed by atoms with Gasteiger partial charge in [-0.15, -0.1) is 0 Å². The summed E-state index contributed by atoms with van der Waals surface area (Å²) in [6.45, 7) is 6.15. The largest absolute Gasteiger partial charge is 0.366 e. The highest BCUT2D eigenvalue weighted by Crippen LogP contribution is 2.10. The Morgan fingerprint density at radius 1 is 1.44 bits per heavy atom. The van der Waals surface area contributed by atoms with E-state index in [4.69, 9.17) is 4.74 Å². The third-order valence-electron chi connectivity index (χ3n) is 1.82. The summed E-state index contributed by atoms with van der Waals surface area (Å²) < 4.78 is 5.05. The van der Waals surface area contributed by atoms with E-state index in [9.17, 15) is 0 Å². The molecule has 1 fully saturated rings. The standard InChI is InChI=1S/C7H14NO/c1-7(9-2)8-5-3-4-6-8/h7H,1,3-6H2,2H3. The van der Waals surface area contributed by atoms with E-state index in [1.807, 2.05) is 0 Å². The van der Waals surface area contributed by atoms with Crippen LogP contribution in [0.3, 0.4) is 0 Å². The molecule has 0 saturated carbocycles. The maximum atomic E-state index is 5.05. The lowest BCUT2D eigenvalue weighted by Gasteiger charge is -2.21. The predicted molar refractivity (Wildman–Crippen MR) is 37.0 cm³/mol.